The van der Waals surface area contributed by atoms with Crippen molar-refractivity contribution in [3.05, 3.63) is 41.1 Å². The van der Waals surface area contributed by atoms with Gasteiger partial charge in [-0.2, -0.15) is 0 Å². The van der Waals surface area contributed by atoms with Crippen molar-refractivity contribution in [2.75, 3.05) is 7.05 Å². The van der Waals surface area contributed by atoms with E-state index in [4.69, 9.17) is 16.0 Å². The van der Waals surface area contributed by atoms with E-state index in [0.29, 0.717) is 16.5 Å². The molecule has 18 heavy (non-hydrogen) atoms. The molecule has 0 aliphatic carbocycles. The summed E-state index contributed by atoms with van der Waals surface area (Å²) in [6.07, 6.45) is 0. The third kappa shape index (κ3) is 2.77. The maximum Gasteiger partial charge on any atom is 0.194 e. The van der Waals surface area contributed by atoms with E-state index >= 15 is 0 Å². The lowest BCUT2D eigenvalue weighted by atomic mass is 10.2. The predicted molar refractivity (Wildman–Crippen MR) is 74.1 cm³/mol. The molecule has 0 saturated carbocycles. The fraction of sp³-hybridized carbons (Fsp3) is 0.154. The summed E-state index contributed by atoms with van der Waals surface area (Å²) in [7, 11) is 1.85. The van der Waals surface area contributed by atoms with E-state index in [9.17, 15) is 4.79 Å². The topological polar surface area (TPSA) is 42.2 Å². The Morgan fingerprint density at radius 1 is 1.33 bits per heavy atom. The lowest BCUT2D eigenvalue weighted by molar-refractivity contribution is 0.0988. The van der Waals surface area contributed by atoms with Crippen LogP contribution in [0.3, 0.4) is 0 Å². The third-order valence-corrected chi connectivity index (χ3v) is 3.40. The normalized spacial score (nSPS) is 10.6. The molecule has 0 atom stereocenters. The van der Waals surface area contributed by atoms with Crippen LogP contribution in [0.4, 0.5) is 0 Å². The number of benzene rings is 1. The molecule has 0 fully saturated rings. The molecule has 3 nitrogen and oxygen atoms in total. The summed E-state index contributed by atoms with van der Waals surface area (Å²) in [5, 5.41) is 0.597. The van der Waals surface area contributed by atoms with Gasteiger partial charge in [0.1, 0.15) is 5.76 Å². The molecule has 0 aliphatic heterocycles. The number of hydrogen-bond acceptors (Lipinski definition) is 4. The highest BCUT2D eigenvalue weighted by molar-refractivity contribution is 7.97. The molecular weight excluding hydrogens is 270 g/mol. The van der Waals surface area contributed by atoms with Crippen LogP contribution >= 0.6 is 23.5 Å². The van der Waals surface area contributed by atoms with Gasteiger partial charge in [0.2, 0.25) is 0 Å². The number of hydrogen-bond donors (Lipinski definition) is 1. The molecule has 0 aliphatic rings. The third-order valence-electron chi connectivity index (χ3n) is 2.38. The van der Waals surface area contributed by atoms with E-state index in [1.165, 1.54) is 18.9 Å². The fourth-order valence-electron chi connectivity index (χ4n) is 1.55. The Morgan fingerprint density at radius 3 is 2.72 bits per heavy atom. The van der Waals surface area contributed by atoms with Crippen molar-refractivity contribution < 1.29 is 9.21 Å². The number of carbonyl (C=O) groups excluding carboxylic acids is 1. The van der Waals surface area contributed by atoms with Crippen LogP contribution in [0.5, 0.6) is 0 Å². The van der Waals surface area contributed by atoms with Crippen molar-refractivity contribution in [3.63, 3.8) is 0 Å². The lowest BCUT2D eigenvalue weighted by Gasteiger charge is -2.04. The summed E-state index contributed by atoms with van der Waals surface area (Å²) in [6.45, 7) is 1.47. The summed E-state index contributed by atoms with van der Waals surface area (Å²) < 4.78 is 8.48. The van der Waals surface area contributed by atoms with Gasteiger partial charge in [-0.25, -0.2) is 0 Å². The average Bonchev–Trinajstić information content (AvgIpc) is 2.81. The van der Waals surface area contributed by atoms with E-state index in [1.807, 2.05) is 25.2 Å². The second-order valence-electron chi connectivity index (χ2n) is 3.67. The standard InChI is InChI=1S/C13H12ClNO2S/c1-8(16)12-5-6-13(17-12)10-7-9(18-15-2)3-4-11(10)14/h3-7,15H,1-2H3. The summed E-state index contributed by atoms with van der Waals surface area (Å²) >= 11 is 7.63. The van der Waals surface area contributed by atoms with Crippen LogP contribution in [0.15, 0.2) is 39.6 Å². The number of furan rings is 1. The van der Waals surface area contributed by atoms with Gasteiger partial charge in [-0.3, -0.25) is 9.52 Å². The van der Waals surface area contributed by atoms with Gasteiger partial charge >= 0.3 is 0 Å². The average molecular weight is 282 g/mol. The van der Waals surface area contributed by atoms with Crippen LogP contribution in [0.25, 0.3) is 11.3 Å². The number of nitrogens with one attached hydrogen (secondary N) is 1. The van der Waals surface area contributed by atoms with Crippen LogP contribution in [0, 0.1) is 0 Å². The van der Waals surface area contributed by atoms with Crippen LogP contribution in [-0.4, -0.2) is 12.8 Å². The smallest absolute Gasteiger partial charge is 0.194 e. The molecule has 2 rings (SSSR count). The van der Waals surface area contributed by atoms with E-state index in [0.717, 1.165) is 10.5 Å². The molecule has 2 aromatic rings. The van der Waals surface area contributed by atoms with Crippen molar-refractivity contribution in [2.24, 2.45) is 0 Å². The molecule has 1 heterocycles. The monoisotopic (exact) mass is 281 g/mol. The summed E-state index contributed by atoms with van der Waals surface area (Å²) in [4.78, 5) is 12.2. The Labute approximate surface area is 115 Å². The molecule has 0 radical (unpaired) electrons. The molecule has 1 N–H and O–H groups in total. The highest BCUT2D eigenvalue weighted by Gasteiger charge is 2.11. The minimum atomic E-state index is -0.0990. The van der Waals surface area contributed by atoms with Crippen molar-refractivity contribution in [1.82, 2.24) is 4.72 Å². The van der Waals surface area contributed by atoms with E-state index in [-0.39, 0.29) is 5.78 Å². The zero-order chi connectivity index (χ0) is 13.1. The predicted octanol–water partition coefficient (Wildman–Crippen LogP) is 4.03. The molecule has 0 amide bonds. The first-order chi connectivity index (χ1) is 8.61. The molecule has 0 spiro atoms. The molecular formula is C13H12ClNO2S. The second kappa shape index (κ2) is 5.61. The van der Waals surface area contributed by atoms with Gasteiger partial charge < -0.3 is 4.42 Å². The highest BCUT2D eigenvalue weighted by Crippen LogP contribution is 2.32. The lowest BCUT2D eigenvalue weighted by Crippen LogP contribution is -1.90. The number of Topliss-reactive ketones (excluding diaryl/α,β-unsaturated/α-hetero) is 1. The number of halogens is 1. The van der Waals surface area contributed by atoms with Gasteiger partial charge in [-0.15, -0.1) is 0 Å². The summed E-state index contributed by atoms with van der Waals surface area (Å²) in [5.41, 5.74) is 0.782. The van der Waals surface area contributed by atoms with E-state index in [1.54, 1.807) is 12.1 Å². The van der Waals surface area contributed by atoms with Gasteiger partial charge in [0.05, 0.1) is 5.02 Å². The van der Waals surface area contributed by atoms with Gasteiger partial charge in [0.15, 0.2) is 11.5 Å². The number of rotatable bonds is 4. The molecule has 5 heteroatoms. The van der Waals surface area contributed by atoms with E-state index < -0.39 is 0 Å². The van der Waals surface area contributed by atoms with Gasteiger partial charge in [-0.05, 0) is 49.3 Å². The minimum absolute atomic E-state index is 0.0990. The van der Waals surface area contributed by atoms with Crippen LogP contribution in [0.1, 0.15) is 17.5 Å². The van der Waals surface area contributed by atoms with Crippen molar-refractivity contribution >= 4 is 29.3 Å². The largest absolute Gasteiger partial charge is 0.453 e. The quantitative estimate of drug-likeness (QED) is 0.679. The van der Waals surface area contributed by atoms with Gasteiger partial charge in [-0.1, -0.05) is 11.6 Å². The zero-order valence-electron chi connectivity index (χ0n) is 9.99. The Morgan fingerprint density at radius 2 is 2.11 bits per heavy atom. The molecule has 1 aromatic carbocycles. The van der Waals surface area contributed by atoms with Crippen molar-refractivity contribution in [2.45, 2.75) is 11.8 Å². The van der Waals surface area contributed by atoms with Crippen LogP contribution < -0.4 is 4.72 Å². The SMILES string of the molecule is CNSc1ccc(Cl)c(-c2ccc(C(C)=O)o2)c1. The second-order valence-corrected chi connectivity index (χ2v) is 5.16. The molecule has 1 aromatic heterocycles. The Balaban J connectivity index is 2.41. The minimum Gasteiger partial charge on any atom is -0.453 e. The highest BCUT2D eigenvalue weighted by atomic mass is 35.5. The molecule has 0 unspecified atom stereocenters. The maximum absolute atomic E-state index is 11.2. The van der Waals surface area contributed by atoms with E-state index in [2.05, 4.69) is 4.72 Å². The first-order valence-corrected chi connectivity index (χ1v) is 6.55. The zero-order valence-corrected chi connectivity index (χ0v) is 11.6. The van der Waals surface area contributed by atoms with Gasteiger partial charge in [0.25, 0.3) is 0 Å². The first kappa shape index (κ1) is 13.2. The Hall–Kier alpha value is -1.23. The molecule has 94 valence electrons. The Bertz CT molecular complexity index is 580. The summed E-state index contributed by atoms with van der Waals surface area (Å²) in [6, 6.07) is 9.07. The maximum atomic E-state index is 11.2. The van der Waals surface area contributed by atoms with Gasteiger partial charge in [0, 0.05) is 17.4 Å². The van der Waals surface area contributed by atoms with Crippen LogP contribution in [0.2, 0.25) is 5.02 Å². The Kier molecular flexibility index (Phi) is 4.11. The fourth-order valence-corrected chi connectivity index (χ4v) is 2.31. The first-order valence-electron chi connectivity index (χ1n) is 5.36. The van der Waals surface area contributed by atoms with Crippen LogP contribution in [-0.2, 0) is 0 Å². The van der Waals surface area contributed by atoms with Crippen molar-refractivity contribution in [1.29, 1.82) is 0 Å². The number of carbonyl (C=O) groups is 1. The summed E-state index contributed by atoms with van der Waals surface area (Å²) in [5.74, 6) is 0.842. The molecule has 0 bridgehead atoms. The van der Waals surface area contributed by atoms with Crippen molar-refractivity contribution in [3.8, 4) is 11.3 Å². The number of ketones is 1. The molecule has 0 saturated heterocycles.